The van der Waals surface area contributed by atoms with Crippen LogP contribution in [-0.2, 0) is 0 Å². The monoisotopic (exact) mass is 236 g/mol. The average Bonchev–Trinajstić information content (AvgIpc) is 2.28. The predicted octanol–water partition coefficient (Wildman–Crippen LogP) is 3.00. The smallest absolute Gasteiger partial charge is 0.131 e. The van der Waals surface area contributed by atoms with Crippen molar-refractivity contribution in [3.8, 4) is 0 Å². The van der Waals surface area contributed by atoms with Crippen molar-refractivity contribution in [3.05, 3.63) is 11.9 Å². The van der Waals surface area contributed by atoms with Crippen LogP contribution in [0.5, 0.6) is 0 Å². The van der Waals surface area contributed by atoms with Crippen LogP contribution in [0.25, 0.3) is 0 Å². The second-order valence-electron chi connectivity index (χ2n) is 4.52. The summed E-state index contributed by atoms with van der Waals surface area (Å²) in [6.45, 7) is 7.29. The first-order chi connectivity index (χ1) is 8.15. The fourth-order valence-corrected chi connectivity index (χ4v) is 1.87. The molecule has 0 aliphatic heterocycles. The van der Waals surface area contributed by atoms with E-state index in [0.717, 1.165) is 12.4 Å². The first-order valence-corrected chi connectivity index (χ1v) is 6.50. The topological polar surface area (TPSA) is 63.8 Å². The molecule has 1 heterocycles. The van der Waals surface area contributed by atoms with E-state index < -0.39 is 0 Å². The Bertz CT molecular complexity index is 318. The fraction of sp³-hybridized carbons (Fsp3) is 0.692. The lowest BCUT2D eigenvalue weighted by Gasteiger charge is -2.15. The van der Waals surface area contributed by atoms with E-state index in [1.165, 1.54) is 25.7 Å². The van der Waals surface area contributed by atoms with Gasteiger partial charge in [-0.3, -0.25) is 0 Å². The van der Waals surface area contributed by atoms with Crippen LogP contribution < -0.4 is 11.1 Å². The Morgan fingerprint density at radius 2 is 2.12 bits per heavy atom. The van der Waals surface area contributed by atoms with Crippen LogP contribution in [0, 0.1) is 12.8 Å². The zero-order valence-corrected chi connectivity index (χ0v) is 11.2. The molecule has 1 aromatic heterocycles. The van der Waals surface area contributed by atoms with Gasteiger partial charge in [0.2, 0.25) is 0 Å². The van der Waals surface area contributed by atoms with Crippen LogP contribution in [0.1, 0.15) is 45.4 Å². The largest absolute Gasteiger partial charge is 0.384 e. The summed E-state index contributed by atoms with van der Waals surface area (Å²) in [5.41, 5.74) is 5.69. The second kappa shape index (κ2) is 7.09. The molecule has 0 bridgehead atoms. The van der Waals surface area contributed by atoms with Gasteiger partial charge in [-0.15, -0.1) is 0 Å². The number of nitrogens with two attached hydrogens (primary N) is 1. The summed E-state index contributed by atoms with van der Waals surface area (Å²) < 4.78 is 0. The third kappa shape index (κ3) is 5.02. The highest BCUT2D eigenvalue weighted by Gasteiger charge is 2.06. The molecule has 0 unspecified atom stereocenters. The number of nitrogens with zero attached hydrogens (tertiary/aromatic N) is 2. The van der Waals surface area contributed by atoms with Gasteiger partial charge in [0.15, 0.2) is 0 Å². The molecule has 0 radical (unpaired) electrons. The Labute approximate surface area is 104 Å². The van der Waals surface area contributed by atoms with Crippen molar-refractivity contribution in [2.24, 2.45) is 5.92 Å². The zero-order valence-electron chi connectivity index (χ0n) is 11.2. The Hall–Kier alpha value is -1.32. The highest BCUT2D eigenvalue weighted by atomic mass is 15.0. The summed E-state index contributed by atoms with van der Waals surface area (Å²) in [6, 6.07) is 1.79. The van der Waals surface area contributed by atoms with E-state index in [1.54, 1.807) is 6.07 Å². The Balaban J connectivity index is 2.47. The van der Waals surface area contributed by atoms with Crippen molar-refractivity contribution in [1.82, 2.24) is 9.97 Å². The second-order valence-corrected chi connectivity index (χ2v) is 4.52. The summed E-state index contributed by atoms with van der Waals surface area (Å²) in [5, 5.41) is 3.36. The average molecular weight is 236 g/mol. The maximum Gasteiger partial charge on any atom is 0.131 e. The van der Waals surface area contributed by atoms with Gasteiger partial charge in [-0.05, 0) is 19.3 Å². The number of unbranched alkanes of at least 4 members (excludes halogenated alkanes) is 1. The standard InChI is InChI=1S/C13H24N4/c1-4-6-7-11(5-2)9-15-13-8-12(14)16-10(3)17-13/h8,11H,4-7,9H2,1-3H3,(H3,14,15,16,17)/t11-/m0/s1. The first-order valence-electron chi connectivity index (χ1n) is 6.50. The Morgan fingerprint density at radius 1 is 1.35 bits per heavy atom. The Morgan fingerprint density at radius 3 is 2.71 bits per heavy atom. The number of hydrogen-bond acceptors (Lipinski definition) is 4. The molecule has 0 saturated carbocycles. The molecule has 0 fully saturated rings. The third-order valence-electron chi connectivity index (χ3n) is 2.97. The van der Waals surface area contributed by atoms with Gasteiger partial charge in [0.25, 0.3) is 0 Å². The number of nitrogens with one attached hydrogen (secondary N) is 1. The van der Waals surface area contributed by atoms with Crippen LogP contribution >= 0.6 is 0 Å². The van der Waals surface area contributed by atoms with Gasteiger partial charge < -0.3 is 11.1 Å². The molecule has 4 nitrogen and oxygen atoms in total. The number of nitrogen functional groups attached to an aromatic ring is 1. The lowest BCUT2D eigenvalue weighted by molar-refractivity contribution is 0.472. The molecule has 3 N–H and O–H groups in total. The van der Waals surface area contributed by atoms with E-state index >= 15 is 0 Å². The number of aryl methyl sites for hydroxylation is 1. The van der Waals surface area contributed by atoms with Crippen LogP contribution in [0.4, 0.5) is 11.6 Å². The van der Waals surface area contributed by atoms with Gasteiger partial charge in [0, 0.05) is 12.6 Å². The summed E-state index contributed by atoms with van der Waals surface area (Å²) in [5.74, 6) is 2.80. The lowest BCUT2D eigenvalue weighted by Crippen LogP contribution is -2.15. The number of anilines is 2. The minimum Gasteiger partial charge on any atom is -0.384 e. The van der Waals surface area contributed by atoms with Crippen LogP contribution in [0.2, 0.25) is 0 Å². The molecule has 0 aliphatic rings. The summed E-state index contributed by atoms with van der Waals surface area (Å²) in [6.07, 6.45) is 5.04. The number of rotatable bonds is 7. The number of aromatic nitrogens is 2. The lowest BCUT2D eigenvalue weighted by atomic mass is 9.99. The maximum absolute atomic E-state index is 5.69. The van der Waals surface area contributed by atoms with Gasteiger partial charge in [-0.1, -0.05) is 33.1 Å². The van der Waals surface area contributed by atoms with E-state index in [9.17, 15) is 0 Å². The molecule has 0 spiro atoms. The molecule has 1 aromatic rings. The van der Waals surface area contributed by atoms with E-state index in [1.807, 2.05) is 6.92 Å². The summed E-state index contributed by atoms with van der Waals surface area (Å²) in [4.78, 5) is 8.38. The van der Waals surface area contributed by atoms with E-state index in [2.05, 4.69) is 29.1 Å². The molecule has 1 rings (SSSR count). The van der Waals surface area contributed by atoms with Gasteiger partial charge in [0.05, 0.1) is 0 Å². The van der Waals surface area contributed by atoms with Crippen molar-refractivity contribution in [2.45, 2.75) is 46.5 Å². The normalized spacial score (nSPS) is 12.4. The molecule has 4 heteroatoms. The highest BCUT2D eigenvalue weighted by Crippen LogP contribution is 2.14. The quantitative estimate of drug-likeness (QED) is 0.764. The van der Waals surface area contributed by atoms with Crippen molar-refractivity contribution >= 4 is 11.6 Å². The molecular weight excluding hydrogens is 212 g/mol. The van der Waals surface area contributed by atoms with Crippen LogP contribution in [0.3, 0.4) is 0 Å². The van der Waals surface area contributed by atoms with Crippen molar-refractivity contribution in [1.29, 1.82) is 0 Å². The fourth-order valence-electron chi connectivity index (χ4n) is 1.87. The minimum absolute atomic E-state index is 0.529. The molecule has 0 saturated heterocycles. The van der Waals surface area contributed by atoms with E-state index in [-0.39, 0.29) is 0 Å². The molecule has 17 heavy (non-hydrogen) atoms. The van der Waals surface area contributed by atoms with E-state index in [0.29, 0.717) is 17.6 Å². The molecule has 0 amide bonds. The van der Waals surface area contributed by atoms with Gasteiger partial charge >= 0.3 is 0 Å². The molecule has 0 aromatic carbocycles. The number of hydrogen-bond donors (Lipinski definition) is 2. The predicted molar refractivity (Wildman–Crippen MR) is 73.0 cm³/mol. The van der Waals surface area contributed by atoms with Crippen molar-refractivity contribution in [3.63, 3.8) is 0 Å². The Kier molecular flexibility index (Phi) is 5.73. The first kappa shape index (κ1) is 13.7. The van der Waals surface area contributed by atoms with Crippen LogP contribution in [-0.4, -0.2) is 16.5 Å². The molecular formula is C13H24N4. The maximum atomic E-state index is 5.69. The molecule has 1 atom stereocenters. The minimum atomic E-state index is 0.529. The van der Waals surface area contributed by atoms with Crippen LogP contribution in [0.15, 0.2) is 6.07 Å². The summed E-state index contributed by atoms with van der Waals surface area (Å²) >= 11 is 0. The van der Waals surface area contributed by atoms with Crippen molar-refractivity contribution < 1.29 is 0 Å². The van der Waals surface area contributed by atoms with Crippen molar-refractivity contribution in [2.75, 3.05) is 17.6 Å². The summed E-state index contributed by atoms with van der Waals surface area (Å²) in [7, 11) is 0. The van der Waals surface area contributed by atoms with Gasteiger partial charge in [0.1, 0.15) is 17.5 Å². The van der Waals surface area contributed by atoms with Gasteiger partial charge in [-0.25, -0.2) is 9.97 Å². The SMILES string of the molecule is CCCC[C@H](CC)CNc1cc(N)nc(C)n1. The highest BCUT2D eigenvalue weighted by molar-refractivity contribution is 5.44. The molecule has 96 valence electrons. The zero-order chi connectivity index (χ0) is 12.7. The van der Waals surface area contributed by atoms with Gasteiger partial charge in [-0.2, -0.15) is 0 Å². The van der Waals surface area contributed by atoms with E-state index in [4.69, 9.17) is 5.73 Å². The molecule has 0 aliphatic carbocycles. The third-order valence-corrected chi connectivity index (χ3v) is 2.97.